The zero-order valence-corrected chi connectivity index (χ0v) is 14.2. The van der Waals surface area contributed by atoms with Gasteiger partial charge in [-0.25, -0.2) is 0 Å². The van der Waals surface area contributed by atoms with Crippen LogP contribution >= 0.6 is 0 Å². The van der Waals surface area contributed by atoms with Gasteiger partial charge in [-0.15, -0.1) is 0 Å². The Hall–Kier alpha value is -1.92. The van der Waals surface area contributed by atoms with Gasteiger partial charge in [-0.2, -0.15) is 0 Å². The summed E-state index contributed by atoms with van der Waals surface area (Å²) in [6.45, 7) is 2.95. The third-order valence-corrected chi connectivity index (χ3v) is 5.61. The summed E-state index contributed by atoms with van der Waals surface area (Å²) >= 11 is 0. The van der Waals surface area contributed by atoms with Crippen molar-refractivity contribution in [2.45, 2.75) is 25.0 Å². The van der Waals surface area contributed by atoms with Crippen LogP contribution in [0.25, 0.3) is 0 Å². The molecule has 2 heterocycles. The van der Waals surface area contributed by atoms with Crippen molar-refractivity contribution in [3.8, 4) is 0 Å². The molecule has 1 N–H and O–H groups in total. The van der Waals surface area contributed by atoms with E-state index in [-0.39, 0.29) is 35.9 Å². The Kier molecular flexibility index (Phi) is 4.48. The van der Waals surface area contributed by atoms with Crippen LogP contribution in [0.15, 0.2) is 30.3 Å². The maximum Gasteiger partial charge on any atom is 0.253 e. The molecule has 134 valence electrons. The number of aliphatic hydroxyl groups is 1. The van der Waals surface area contributed by atoms with Crippen molar-refractivity contribution in [3.63, 3.8) is 0 Å². The van der Waals surface area contributed by atoms with E-state index in [1.807, 2.05) is 40.1 Å². The lowest BCUT2D eigenvalue weighted by atomic mass is 9.81. The lowest BCUT2D eigenvalue weighted by Crippen LogP contribution is -2.43. The first kappa shape index (κ1) is 16.5. The van der Waals surface area contributed by atoms with Crippen molar-refractivity contribution in [1.29, 1.82) is 0 Å². The molecule has 25 heavy (non-hydrogen) atoms. The summed E-state index contributed by atoms with van der Waals surface area (Å²) in [5.41, 5.74) is 0.690. The molecule has 2 aliphatic heterocycles. The van der Waals surface area contributed by atoms with Gasteiger partial charge >= 0.3 is 0 Å². The molecule has 1 aliphatic carbocycles. The second kappa shape index (κ2) is 6.77. The van der Waals surface area contributed by atoms with Gasteiger partial charge in [0.15, 0.2) is 0 Å². The number of ether oxygens (including phenoxy) is 1. The van der Waals surface area contributed by atoms with Gasteiger partial charge in [0.1, 0.15) is 0 Å². The highest BCUT2D eigenvalue weighted by molar-refractivity contribution is 5.94. The van der Waals surface area contributed by atoms with Gasteiger partial charge in [0.2, 0.25) is 5.91 Å². The van der Waals surface area contributed by atoms with E-state index in [1.165, 1.54) is 0 Å². The Bertz CT molecular complexity index is 644. The van der Waals surface area contributed by atoms with E-state index in [2.05, 4.69) is 0 Å². The molecule has 3 fully saturated rings. The minimum absolute atomic E-state index is 0.00234. The van der Waals surface area contributed by atoms with Gasteiger partial charge in [-0.1, -0.05) is 18.2 Å². The molecule has 2 atom stereocenters. The summed E-state index contributed by atoms with van der Waals surface area (Å²) in [4.78, 5) is 28.9. The topological polar surface area (TPSA) is 70.1 Å². The third-order valence-electron chi connectivity index (χ3n) is 5.61. The number of aliphatic hydroxyl groups excluding tert-OH is 1. The smallest absolute Gasteiger partial charge is 0.253 e. The highest BCUT2D eigenvalue weighted by Gasteiger charge is 2.43. The molecule has 4 rings (SSSR count). The molecule has 1 aromatic carbocycles. The first-order valence-corrected chi connectivity index (χ1v) is 9.04. The second-order valence-electron chi connectivity index (χ2n) is 7.35. The van der Waals surface area contributed by atoms with Crippen molar-refractivity contribution in [1.82, 2.24) is 9.80 Å². The summed E-state index contributed by atoms with van der Waals surface area (Å²) in [5, 5.41) is 9.42. The Labute approximate surface area is 147 Å². The molecule has 6 heteroatoms. The molecule has 0 aromatic heterocycles. The molecule has 6 nitrogen and oxygen atoms in total. The van der Waals surface area contributed by atoms with Crippen LogP contribution in [0.1, 0.15) is 23.2 Å². The number of likely N-dealkylation sites (tertiary alicyclic amines) is 1. The fourth-order valence-corrected chi connectivity index (χ4v) is 4.07. The number of benzene rings is 1. The molecule has 0 bridgehead atoms. The van der Waals surface area contributed by atoms with Crippen LogP contribution in [0.5, 0.6) is 0 Å². The standard InChI is InChI=1S/C19H24N2O4/c22-16-8-14(9-16)19(24)21-11-15-10-20(6-7-25-17(15)12-21)18(23)13-4-2-1-3-5-13/h1-5,14-17,22H,6-12H2/t14?,15-,16?,17+/m0/s1. The molecule has 1 saturated carbocycles. The number of nitrogens with zero attached hydrogens (tertiary/aromatic N) is 2. The zero-order valence-electron chi connectivity index (χ0n) is 14.2. The maximum atomic E-state index is 12.7. The number of amides is 2. The van der Waals surface area contributed by atoms with Crippen LogP contribution in [-0.4, -0.2) is 71.7 Å². The zero-order chi connectivity index (χ0) is 17.4. The van der Waals surface area contributed by atoms with Crippen LogP contribution < -0.4 is 0 Å². The Balaban J connectivity index is 1.40. The largest absolute Gasteiger partial charge is 0.393 e. The Morgan fingerprint density at radius 3 is 2.48 bits per heavy atom. The van der Waals surface area contributed by atoms with Crippen molar-refractivity contribution in [2.75, 3.05) is 32.8 Å². The van der Waals surface area contributed by atoms with E-state index in [4.69, 9.17) is 4.74 Å². The SMILES string of the molecule is O=C(c1ccccc1)N1CCO[C@@H]2CN(C(=O)C3CC(O)C3)C[C@@H]2C1. The maximum absolute atomic E-state index is 12.7. The average molecular weight is 344 g/mol. The molecular formula is C19H24N2O4. The minimum Gasteiger partial charge on any atom is -0.393 e. The number of carbonyl (C=O) groups excluding carboxylic acids is 2. The van der Waals surface area contributed by atoms with Gasteiger partial charge in [-0.3, -0.25) is 9.59 Å². The van der Waals surface area contributed by atoms with E-state index in [0.717, 1.165) is 0 Å². The summed E-state index contributed by atoms with van der Waals surface area (Å²) in [7, 11) is 0. The van der Waals surface area contributed by atoms with Crippen molar-refractivity contribution in [3.05, 3.63) is 35.9 Å². The first-order chi connectivity index (χ1) is 12.1. The van der Waals surface area contributed by atoms with Crippen molar-refractivity contribution in [2.24, 2.45) is 11.8 Å². The van der Waals surface area contributed by atoms with Crippen LogP contribution in [0.2, 0.25) is 0 Å². The van der Waals surface area contributed by atoms with Gasteiger partial charge in [0.25, 0.3) is 5.91 Å². The first-order valence-electron chi connectivity index (χ1n) is 9.04. The number of rotatable bonds is 2. The quantitative estimate of drug-likeness (QED) is 0.860. The molecule has 1 aromatic rings. The van der Waals surface area contributed by atoms with E-state index in [0.29, 0.717) is 51.2 Å². The highest BCUT2D eigenvalue weighted by Crippen LogP contribution is 2.32. The van der Waals surface area contributed by atoms with Crippen LogP contribution in [0.3, 0.4) is 0 Å². The Morgan fingerprint density at radius 1 is 1.04 bits per heavy atom. The van der Waals surface area contributed by atoms with E-state index >= 15 is 0 Å². The molecular weight excluding hydrogens is 320 g/mol. The molecule has 3 aliphatic rings. The number of hydrogen-bond donors (Lipinski definition) is 1. The fourth-order valence-electron chi connectivity index (χ4n) is 4.07. The second-order valence-corrected chi connectivity index (χ2v) is 7.35. The van der Waals surface area contributed by atoms with Crippen molar-refractivity contribution < 1.29 is 19.4 Å². The molecule has 2 amide bonds. The highest BCUT2D eigenvalue weighted by atomic mass is 16.5. The number of carbonyl (C=O) groups is 2. The van der Waals surface area contributed by atoms with Crippen LogP contribution in [0, 0.1) is 11.8 Å². The number of fused-ring (bicyclic) bond motifs is 1. The molecule has 0 unspecified atom stereocenters. The third kappa shape index (κ3) is 3.28. The summed E-state index contributed by atoms with van der Waals surface area (Å²) in [5.74, 6) is 0.267. The van der Waals surface area contributed by atoms with E-state index < -0.39 is 0 Å². The minimum atomic E-state index is -0.322. The van der Waals surface area contributed by atoms with Crippen molar-refractivity contribution >= 4 is 11.8 Å². The molecule has 2 saturated heterocycles. The summed E-state index contributed by atoms with van der Waals surface area (Å²) in [6, 6.07) is 9.30. The predicted octanol–water partition coefficient (Wildman–Crippen LogP) is 0.757. The van der Waals surface area contributed by atoms with E-state index in [1.54, 1.807) is 0 Å². The predicted molar refractivity (Wildman–Crippen MR) is 90.9 cm³/mol. The van der Waals surface area contributed by atoms with Gasteiger partial charge in [0, 0.05) is 43.6 Å². The Morgan fingerprint density at radius 2 is 1.76 bits per heavy atom. The monoisotopic (exact) mass is 344 g/mol. The average Bonchev–Trinajstić information content (AvgIpc) is 2.90. The van der Waals surface area contributed by atoms with Gasteiger partial charge < -0.3 is 19.6 Å². The molecule has 0 radical (unpaired) electrons. The summed E-state index contributed by atoms with van der Waals surface area (Å²) in [6.07, 6.45) is 0.827. The van der Waals surface area contributed by atoms with Gasteiger partial charge in [-0.05, 0) is 25.0 Å². The normalized spacial score (nSPS) is 31.9. The van der Waals surface area contributed by atoms with Crippen LogP contribution in [0.4, 0.5) is 0 Å². The molecule has 0 spiro atoms. The van der Waals surface area contributed by atoms with Gasteiger partial charge in [0.05, 0.1) is 18.8 Å². The fraction of sp³-hybridized carbons (Fsp3) is 0.579. The number of hydrogen-bond acceptors (Lipinski definition) is 4. The van der Waals surface area contributed by atoms with E-state index in [9.17, 15) is 14.7 Å². The summed E-state index contributed by atoms with van der Waals surface area (Å²) < 4.78 is 5.94. The lowest BCUT2D eigenvalue weighted by Gasteiger charge is -2.33. The lowest BCUT2D eigenvalue weighted by molar-refractivity contribution is -0.141. The van der Waals surface area contributed by atoms with Crippen LogP contribution in [-0.2, 0) is 9.53 Å².